The van der Waals surface area contributed by atoms with Crippen molar-refractivity contribution < 1.29 is 22.7 Å². The number of aromatic nitrogens is 2. The summed E-state index contributed by atoms with van der Waals surface area (Å²) in [5.74, 6) is -0.704. The van der Waals surface area contributed by atoms with Gasteiger partial charge >= 0.3 is 12.1 Å². The van der Waals surface area contributed by atoms with E-state index < -0.39 is 17.7 Å². The normalized spacial score (nSPS) is 11.7. The summed E-state index contributed by atoms with van der Waals surface area (Å²) in [5, 5.41) is 0.339. The molecule has 0 saturated carbocycles. The number of esters is 1. The average Bonchev–Trinajstić information content (AvgIpc) is 2.93. The molecule has 5 nitrogen and oxygen atoms in total. The number of carbonyl (C=O) groups is 1. The van der Waals surface area contributed by atoms with Gasteiger partial charge in [-0.3, -0.25) is 4.79 Å². The first kappa shape index (κ1) is 18.1. The molecule has 0 spiro atoms. The molecule has 0 atom stereocenters. The maximum Gasteiger partial charge on any atom is 0.416 e. The zero-order chi connectivity index (χ0) is 19.1. The van der Waals surface area contributed by atoms with Crippen LogP contribution in [-0.2, 0) is 24.6 Å². The third-order valence-electron chi connectivity index (χ3n) is 3.82. The molecule has 0 saturated heterocycles. The van der Waals surface area contributed by atoms with E-state index in [9.17, 15) is 22.8 Å². The fraction of sp³-hybridized carbons (Fsp3) is 0.235. The number of rotatable bonds is 3. The highest BCUT2D eigenvalue weighted by Gasteiger charge is 2.30. The van der Waals surface area contributed by atoms with Crippen molar-refractivity contribution in [2.45, 2.75) is 19.7 Å². The predicted molar refractivity (Wildman–Crippen MR) is 90.2 cm³/mol. The molecule has 0 amide bonds. The van der Waals surface area contributed by atoms with Crippen LogP contribution in [0.3, 0.4) is 0 Å². The SMILES string of the molecule is Cc1c(C(=O)OCc2cccc(C(F)(F)F)c2)sc2ncn(C)c(=O)c12. The van der Waals surface area contributed by atoms with Crippen molar-refractivity contribution in [3.8, 4) is 0 Å². The van der Waals surface area contributed by atoms with Gasteiger partial charge in [0.15, 0.2) is 0 Å². The highest BCUT2D eigenvalue weighted by atomic mass is 32.1. The van der Waals surface area contributed by atoms with Crippen LogP contribution in [0.1, 0.15) is 26.4 Å². The zero-order valence-electron chi connectivity index (χ0n) is 13.8. The lowest BCUT2D eigenvalue weighted by Gasteiger charge is -2.09. The lowest BCUT2D eigenvalue weighted by Crippen LogP contribution is -2.16. The quantitative estimate of drug-likeness (QED) is 0.649. The Morgan fingerprint density at radius 3 is 2.77 bits per heavy atom. The van der Waals surface area contributed by atoms with Crippen molar-refractivity contribution in [3.63, 3.8) is 0 Å². The van der Waals surface area contributed by atoms with E-state index >= 15 is 0 Å². The Kier molecular flexibility index (Phi) is 4.57. The van der Waals surface area contributed by atoms with Gasteiger partial charge in [-0.2, -0.15) is 13.2 Å². The molecule has 2 aromatic heterocycles. The number of alkyl halides is 3. The van der Waals surface area contributed by atoms with Gasteiger partial charge in [-0.1, -0.05) is 12.1 Å². The Morgan fingerprint density at radius 1 is 1.35 bits per heavy atom. The number of ether oxygens (including phenoxy) is 1. The first-order valence-electron chi connectivity index (χ1n) is 7.46. The summed E-state index contributed by atoms with van der Waals surface area (Å²) in [6.45, 7) is 1.31. The van der Waals surface area contributed by atoms with Gasteiger partial charge in [0, 0.05) is 7.05 Å². The predicted octanol–water partition coefficient (Wildman–Crippen LogP) is 3.68. The fourth-order valence-electron chi connectivity index (χ4n) is 2.46. The summed E-state index contributed by atoms with van der Waals surface area (Å²) >= 11 is 1.02. The van der Waals surface area contributed by atoms with E-state index in [1.807, 2.05) is 0 Å². The second kappa shape index (κ2) is 6.56. The molecule has 0 aliphatic carbocycles. The second-order valence-corrected chi connectivity index (χ2v) is 6.67. The number of carbonyl (C=O) groups excluding carboxylic acids is 1. The molecule has 3 rings (SSSR count). The molecule has 0 radical (unpaired) electrons. The number of halogens is 3. The molecule has 2 heterocycles. The summed E-state index contributed by atoms with van der Waals surface area (Å²) in [7, 11) is 1.55. The van der Waals surface area contributed by atoms with E-state index in [1.165, 1.54) is 23.0 Å². The summed E-state index contributed by atoms with van der Waals surface area (Å²) in [6.07, 6.45) is -3.10. The summed E-state index contributed by atoms with van der Waals surface area (Å²) in [5.41, 5.74) is -0.411. The molecule has 0 bridgehead atoms. The number of hydrogen-bond acceptors (Lipinski definition) is 5. The molecule has 0 aliphatic heterocycles. The average molecular weight is 382 g/mol. The minimum absolute atomic E-state index is 0.211. The van der Waals surface area contributed by atoms with Gasteiger partial charge in [-0.15, -0.1) is 11.3 Å². The first-order valence-corrected chi connectivity index (χ1v) is 8.28. The van der Waals surface area contributed by atoms with Crippen LogP contribution in [0.25, 0.3) is 10.2 Å². The van der Waals surface area contributed by atoms with Crippen molar-refractivity contribution in [1.29, 1.82) is 0 Å². The van der Waals surface area contributed by atoms with Crippen LogP contribution in [0.5, 0.6) is 0 Å². The molecule has 0 aliphatic rings. The van der Waals surface area contributed by atoms with Crippen molar-refractivity contribution in [3.05, 3.63) is 62.5 Å². The van der Waals surface area contributed by atoms with Crippen molar-refractivity contribution in [1.82, 2.24) is 9.55 Å². The maximum absolute atomic E-state index is 12.7. The van der Waals surface area contributed by atoms with Gasteiger partial charge < -0.3 is 9.30 Å². The van der Waals surface area contributed by atoms with Crippen LogP contribution in [-0.4, -0.2) is 15.5 Å². The van der Waals surface area contributed by atoms with Crippen LogP contribution < -0.4 is 5.56 Å². The molecular weight excluding hydrogens is 369 g/mol. The molecule has 0 N–H and O–H groups in total. The highest BCUT2D eigenvalue weighted by Crippen LogP contribution is 2.30. The van der Waals surface area contributed by atoms with Gasteiger partial charge in [0.2, 0.25) is 0 Å². The molecular formula is C17H13F3N2O3S. The Balaban J connectivity index is 1.83. The summed E-state index contributed by atoms with van der Waals surface area (Å²) in [4.78, 5) is 29.2. The fourth-order valence-corrected chi connectivity index (χ4v) is 3.49. The minimum atomic E-state index is -4.46. The van der Waals surface area contributed by atoms with Crippen LogP contribution in [0, 0.1) is 6.92 Å². The molecule has 0 unspecified atom stereocenters. The van der Waals surface area contributed by atoms with E-state index in [0.717, 1.165) is 23.5 Å². The van der Waals surface area contributed by atoms with Crippen molar-refractivity contribution in [2.24, 2.45) is 7.05 Å². The molecule has 26 heavy (non-hydrogen) atoms. The van der Waals surface area contributed by atoms with E-state index in [0.29, 0.717) is 15.8 Å². The van der Waals surface area contributed by atoms with E-state index in [-0.39, 0.29) is 22.6 Å². The smallest absolute Gasteiger partial charge is 0.416 e. The Bertz CT molecular complexity index is 1050. The molecule has 1 aromatic carbocycles. The largest absolute Gasteiger partial charge is 0.457 e. The van der Waals surface area contributed by atoms with Crippen LogP contribution in [0.15, 0.2) is 35.4 Å². The lowest BCUT2D eigenvalue weighted by molar-refractivity contribution is -0.137. The number of aryl methyl sites for hydroxylation is 2. The number of thiophene rings is 1. The second-order valence-electron chi connectivity index (χ2n) is 5.67. The Morgan fingerprint density at radius 2 is 2.08 bits per heavy atom. The lowest BCUT2D eigenvalue weighted by atomic mass is 10.1. The molecule has 3 aromatic rings. The summed E-state index contributed by atoms with van der Waals surface area (Å²) in [6, 6.07) is 4.58. The Hall–Kier alpha value is -2.68. The standard InChI is InChI=1S/C17H13F3N2O3S/c1-9-12-14(21-8-22(2)15(12)23)26-13(9)16(24)25-7-10-4-3-5-11(6-10)17(18,19)20/h3-6,8H,7H2,1-2H3. The van der Waals surface area contributed by atoms with Crippen LogP contribution in [0.2, 0.25) is 0 Å². The maximum atomic E-state index is 12.7. The van der Waals surface area contributed by atoms with Gasteiger partial charge in [0.1, 0.15) is 16.3 Å². The van der Waals surface area contributed by atoms with E-state index in [2.05, 4.69) is 4.98 Å². The van der Waals surface area contributed by atoms with Gasteiger partial charge in [-0.05, 0) is 30.2 Å². The number of benzene rings is 1. The topological polar surface area (TPSA) is 61.2 Å². The molecule has 136 valence electrons. The number of fused-ring (bicyclic) bond motifs is 1. The minimum Gasteiger partial charge on any atom is -0.457 e. The van der Waals surface area contributed by atoms with E-state index in [1.54, 1.807) is 14.0 Å². The summed E-state index contributed by atoms with van der Waals surface area (Å²) < 4.78 is 44.6. The molecule has 9 heteroatoms. The first-order chi connectivity index (χ1) is 12.2. The number of nitrogens with zero attached hydrogens (tertiary/aromatic N) is 2. The van der Waals surface area contributed by atoms with Gasteiger partial charge in [0.05, 0.1) is 17.3 Å². The monoisotopic (exact) mass is 382 g/mol. The third-order valence-corrected chi connectivity index (χ3v) is 5.00. The highest BCUT2D eigenvalue weighted by molar-refractivity contribution is 7.20. The van der Waals surface area contributed by atoms with Crippen molar-refractivity contribution >= 4 is 27.5 Å². The van der Waals surface area contributed by atoms with Crippen LogP contribution in [0.4, 0.5) is 13.2 Å². The van der Waals surface area contributed by atoms with Gasteiger partial charge in [0.25, 0.3) is 5.56 Å². The number of hydrogen-bond donors (Lipinski definition) is 0. The zero-order valence-corrected chi connectivity index (χ0v) is 14.6. The third kappa shape index (κ3) is 3.34. The van der Waals surface area contributed by atoms with Gasteiger partial charge in [-0.25, -0.2) is 9.78 Å². The Labute approximate surface area is 149 Å². The molecule has 0 fully saturated rings. The van der Waals surface area contributed by atoms with Crippen LogP contribution >= 0.6 is 11.3 Å². The van der Waals surface area contributed by atoms with Crippen molar-refractivity contribution in [2.75, 3.05) is 0 Å². The van der Waals surface area contributed by atoms with E-state index in [4.69, 9.17) is 4.74 Å².